The summed E-state index contributed by atoms with van der Waals surface area (Å²) in [6.45, 7) is 2.60. The van der Waals surface area contributed by atoms with Gasteiger partial charge in [-0.15, -0.1) is 4.40 Å². The molecule has 1 aliphatic heterocycles. The van der Waals surface area contributed by atoms with Crippen molar-refractivity contribution in [2.75, 3.05) is 24.7 Å². The van der Waals surface area contributed by atoms with E-state index in [0.29, 0.717) is 24.6 Å². The minimum atomic E-state index is -4.13. The van der Waals surface area contributed by atoms with E-state index in [4.69, 9.17) is 4.74 Å². The highest BCUT2D eigenvalue weighted by atomic mass is 32.2. The first kappa shape index (κ1) is 27.1. The van der Waals surface area contributed by atoms with Crippen molar-refractivity contribution in [3.63, 3.8) is 0 Å². The summed E-state index contributed by atoms with van der Waals surface area (Å²) in [7, 11) is -7.47. The van der Waals surface area contributed by atoms with Crippen LogP contribution in [-0.2, 0) is 39.9 Å². The van der Waals surface area contributed by atoms with Gasteiger partial charge in [0, 0.05) is 18.8 Å². The quantitative estimate of drug-likeness (QED) is 0.427. The molecule has 12 heteroatoms. The van der Waals surface area contributed by atoms with Gasteiger partial charge in [-0.2, -0.15) is 8.42 Å². The number of benzene rings is 1. The van der Waals surface area contributed by atoms with E-state index in [1.807, 2.05) is 4.90 Å². The number of amidine groups is 1. The number of nitrogens with zero attached hydrogens (tertiary/aromatic N) is 2. The fourth-order valence-corrected chi connectivity index (χ4v) is 8.40. The Morgan fingerprint density at radius 1 is 1.16 bits per heavy atom. The fraction of sp³-hybridized carbons (Fsp3) is 0.654. The van der Waals surface area contributed by atoms with Crippen LogP contribution in [0, 0.1) is 23.7 Å². The van der Waals surface area contributed by atoms with Crippen LogP contribution in [0.15, 0.2) is 27.5 Å². The number of hydrogen-bond donors (Lipinski definition) is 1. The van der Waals surface area contributed by atoms with Crippen molar-refractivity contribution in [3.8, 4) is 0 Å². The molecule has 3 saturated carbocycles. The second kappa shape index (κ2) is 10.3. The predicted molar refractivity (Wildman–Crippen MR) is 142 cm³/mol. The zero-order chi connectivity index (χ0) is 27.2. The summed E-state index contributed by atoms with van der Waals surface area (Å²) < 4.78 is 58.6. The van der Waals surface area contributed by atoms with E-state index < -0.39 is 19.9 Å². The van der Waals surface area contributed by atoms with E-state index >= 15 is 0 Å². The van der Waals surface area contributed by atoms with E-state index in [1.54, 1.807) is 13.0 Å². The Morgan fingerprint density at radius 2 is 1.89 bits per heavy atom. The lowest BCUT2D eigenvalue weighted by Crippen LogP contribution is -2.51. The van der Waals surface area contributed by atoms with Crippen LogP contribution in [-0.4, -0.2) is 64.9 Å². The summed E-state index contributed by atoms with van der Waals surface area (Å²) >= 11 is 0. The number of anilines is 1. The predicted octanol–water partition coefficient (Wildman–Crippen LogP) is 2.74. The lowest BCUT2D eigenvalue weighted by atomic mass is 9.83. The molecule has 1 heterocycles. The van der Waals surface area contributed by atoms with Gasteiger partial charge in [-0.25, -0.2) is 8.42 Å². The molecule has 0 saturated heterocycles. The first-order chi connectivity index (χ1) is 17.9. The monoisotopic (exact) mass is 565 g/mol. The maximum atomic E-state index is 13.8. The zero-order valence-corrected chi connectivity index (χ0v) is 23.4. The summed E-state index contributed by atoms with van der Waals surface area (Å²) in [6.07, 6.45) is 6.82. The number of ether oxygens (including phenoxy) is 1. The van der Waals surface area contributed by atoms with E-state index in [0.717, 1.165) is 44.8 Å². The Hall–Kier alpha value is -2.47. The lowest BCUT2D eigenvalue weighted by molar-refractivity contribution is -0.154. The van der Waals surface area contributed by atoms with Gasteiger partial charge in [0.25, 0.3) is 10.0 Å². The molecule has 3 aliphatic carbocycles. The van der Waals surface area contributed by atoms with Crippen molar-refractivity contribution in [2.24, 2.45) is 28.1 Å². The molecule has 1 N–H and O–H groups in total. The maximum Gasteiger partial charge on any atom is 0.311 e. The van der Waals surface area contributed by atoms with Crippen molar-refractivity contribution in [1.82, 2.24) is 4.90 Å². The van der Waals surface area contributed by atoms with Crippen LogP contribution in [0.2, 0.25) is 0 Å². The second-order valence-corrected chi connectivity index (χ2v) is 14.8. The Morgan fingerprint density at radius 3 is 2.58 bits per heavy atom. The molecule has 0 aromatic heterocycles. The second-order valence-electron chi connectivity index (χ2n) is 11.1. The molecule has 5 rings (SSSR count). The summed E-state index contributed by atoms with van der Waals surface area (Å²) in [5, 5.41) is 2.97. The molecule has 10 nitrogen and oxygen atoms in total. The van der Waals surface area contributed by atoms with Crippen LogP contribution in [0.1, 0.15) is 57.4 Å². The van der Waals surface area contributed by atoms with Crippen molar-refractivity contribution in [3.05, 3.63) is 23.8 Å². The minimum absolute atomic E-state index is 0.0191. The molecular formula is C26H35N3O7S2. The van der Waals surface area contributed by atoms with Gasteiger partial charge >= 0.3 is 5.97 Å². The standard InChI is InChI=1S/C26H35N3O7S2/c1-3-36-26(31)24-18-7-8-19(13-18)25(24)29(11-10-16-4-5-16)23(30)14-22-27-20-9-6-17(15-37(2,32)33)12-21(20)38(34,35)28-22/h6,9,12,16,18-19,24-25H,3-5,7-8,10-11,13-15H2,1-2H3,(H,27,28)/t18-,19+,24?,25?/m0/s1. The van der Waals surface area contributed by atoms with Gasteiger partial charge in [-0.3, -0.25) is 9.59 Å². The molecule has 3 fully saturated rings. The zero-order valence-electron chi connectivity index (χ0n) is 21.8. The smallest absolute Gasteiger partial charge is 0.311 e. The molecule has 1 aromatic carbocycles. The number of amides is 1. The number of esters is 1. The van der Waals surface area contributed by atoms with Crippen LogP contribution in [0.4, 0.5) is 5.69 Å². The third-order valence-electron chi connectivity index (χ3n) is 8.17. The van der Waals surface area contributed by atoms with E-state index in [-0.39, 0.29) is 64.3 Å². The highest BCUT2D eigenvalue weighted by Crippen LogP contribution is 2.51. The average molecular weight is 566 g/mol. The molecule has 2 bridgehead atoms. The molecular weight excluding hydrogens is 530 g/mol. The molecule has 1 aromatic rings. The van der Waals surface area contributed by atoms with Crippen LogP contribution in [0.25, 0.3) is 0 Å². The number of nitrogens with one attached hydrogen (secondary N) is 1. The first-order valence-corrected chi connectivity index (χ1v) is 16.8. The van der Waals surface area contributed by atoms with Gasteiger partial charge in [0.2, 0.25) is 5.91 Å². The third-order valence-corrected chi connectivity index (χ3v) is 10.4. The van der Waals surface area contributed by atoms with Crippen molar-refractivity contribution < 1.29 is 31.2 Å². The van der Waals surface area contributed by atoms with E-state index in [9.17, 15) is 26.4 Å². The van der Waals surface area contributed by atoms with Crippen LogP contribution in [0.5, 0.6) is 0 Å². The first-order valence-electron chi connectivity index (χ1n) is 13.3. The molecule has 1 amide bonds. The van der Waals surface area contributed by atoms with Gasteiger partial charge in [-0.05, 0) is 68.1 Å². The van der Waals surface area contributed by atoms with Gasteiger partial charge in [0.1, 0.15) is 10.7 Å². The molecule has 4 atom stereocenters. The molecule has 0 radical (unpaired) electrons. The summed E-state index contributed by atoms with van der Waals surface area (Å²) in [5.74, 6) is -0.0914. The highest BCUT2D eigenvalue weighted by molar-refractivity contribution is 7.90. The van der Waals surface area contributed by atoms with Crippen LogP contribution in [0.3, 0.4) is 0 Å². The molecule has 2 unspecified atom stereocenters. The van der Waals surface area contributed by atoms with Crippen molar-refractivity contribution in [1.29, 1.82) is 0 Å². The SMILES string of the molecule is CCOC(=O)C1C(N(CCC2CC2)C(=O)CC2=NS(=O)(=O)c3cc(CS(C)(=O)=O)ccc3N2)[C@@H]2CC[C@H]1C2. The number of rotatable bonds is 10. The van der Waals surface area contributed by atoms with Gasteiger partial charge in [0.05, 0.1) is 30.4 Å². The molecule has 38 heavy (non-hydrogen) atoms. The third kappa shape index (κ3) is 5.75. The topological polar surface area (TPSA) is 139 Å². The van der Waals surface area contributed by atoms with Gasteiger partial charge in [-0.1, -0.05) is 18.9 Å². The normalized spacial score (nSPS) is 27.3. The number of sulfone groups is 1. The minimum Gasteiger partial charge on any atom is -0.466 e. The Kier molecular flexibility index (Phi) is 7.32. The Balaban J connectivity index is 1.38. The van der Waals surface area contributed by atoms with Crippen molar-refractivity contribution >= 4 is 43.3 Å². The van der Waals surface area contributed by atoms with Gasteiger partial charge < -0.3 is 15.0 Å². The number of fused-ring (bicyclic) bond motifs is 3. The number of carbonyl (C=O) groups excluding carboxylic acids is 2. The summed E-state index contributed by atoms with van der Waals surface area (Å²) in [5.41, 5.74) is 0.604. The maximum absolute atomic E-state index is 13.8. The summed E-state index contributed by atoms with van der Waals surface area (Å²) in [4.78, 5) is 28.4. The van der Waals surface area contributed by atoms with Crippen molar-refractivity contribution in [2.45, 2.75) is 68.6 Å². The molecule has 0 spiro atoms. The Labute approximate surface area is 224 Å². The van der Waals surface area contributed by atoms with Crippen LogP contribution < -0.4 is 5.32 Å². The highest BCUT2D eigenvalue weighted by Gasteiger charge is 2.54. The number of hydrogen-bond acceptors (Lipinski definition) is 8. The Bertz CT molecular complexity index is 1370. The molecule has 208 valence electrons. The lowest BCUT2D eigenvalue weighted by Gasteiger charge is -2.39. The fourth-order valence-electron chi connectivity index (χ4n) is 6.42. The number of sulfonamides is 1. The van der Waals surface area contributed by atoms with Gasteiger partial charge in [0.15, 0.2) is 9.84 Å². The largest absolute Gasteiger partial charge is 0.466 e. The van der Waals surface area contributed by atoms with Crippen LogP contribution >= 0.6 is 0 Å². The molecule has 4 aliphatic rings. The average Bonchev–Trinajstić information content (AvgIpc) is 3.42. The van der Waals surface area contributed by atoms with E-state index in [2.05, 4.69) is 9.71 Å². The summed E-state index contributed by atoms with van der Waals surface area (Å²) in [6, 6.07) is 4.12. The number of carbonyl (C=O) groups is 2. The van der Waals surface area contributed by atoms with E-state index in [1.165, 1.54) is 12.1 Å².